The van der Waals surface area contributed by atoms with Gasteiger partial charge in [0.25, 0.3) is 0 Å². The number of nitrogens with one attached hydrogen (secondary N) is 1. The molecule has 0 aromatic carbocycles. The van der Waals surface area contributed by atoms with Crippen LogP contribution < -0.4 is 5.32 Å². The van der Waals surface area contributed by atoms with Gasteiger partial charge in [-0.2, -0.15) is 0 Å². The van der Waals surface area contributed by atoms with Crippen LogP contribution in [0.25, 0.3) is 0 Å². The standard InChI is InChI=1S/C28H39NO5/c1-16(30)33-22-13-19-25(2,3)21(31)8-11-26(19,4)18-7-10-27(5)20(28(18,22)6)14-23(32)34-24(27)17-9-12-29-15-17/h9,12,14,17-19,22,24,29H,7-8,10-11,13,15H2,1-6H3/t17?,18?,19?,22-,24+,26-,27-,28-/m1/s1. The molecule has 3 aliphatic carbocycles. The fourth-order valence-electron chi connectivity index (χ4n) is 9.06. The summed E-state index contributed by atoms with van der Waals surface area (Å²) in [5.41, 5.74) is -0.277. The van der Waals surface area contributed by atoms with E-state index < -0.39 is 10.8 Å². The Kier molecular flexibility index (Phi) is 5.17. The summed E-state index contributed by atoms with van der Waals surface area (Å²) < 4.78 is 12.1. The van der Waals surface area contributed by atoms with Crippen LogP contribution in [0.5, 0.6) is 0 Å². The molecule has 34 heavy (non-hydrogen) atoms. The number of ether oxygens (including phenoxy) is 2. The largest absolute Gasteiger partial charge is 0.462 e. The minimum atomic E-state index is -0.492. The highest BCUT2D eigenvalue weighted by atomic mass is 16.5. The fourth-order valence-corrected chi connectivity index (χ4v) is 9.06. The van der Waals surface area contributed by atoms with E-state index in [1.165, 1.54) is 6.92 Å². The zero-order valence-electron chi connectivity index (χ0n) is 21.4. The van der Waals surface area contributed by atoms with Crippen LogP contribution in [0.3, 0.4) is 0 Å². The third kappa shape index (κ3) is 3.02. The molecule has 0 spiro atoms. The number of cyclic esters (lactones) is 1. The van der Waals surface area contributed by atoms with Crippen LogP contribution in [0, 0.1) is 39.4 Å². The molecule has 3 unspecified atom stereocenters. The number of hydrogen-bond acceptors (Lipinski definition) is 6. The maximum Gasteiger partial charge on any atom is 0.331 e. The van der Waals surface area contributed by atoms with E-state index in [-0.39, 0.29) is 52.7 Å². The molecule has 2 aliphatic heterocycles. The van der Waals surface area contributed by atoms with Crippen molar-refractivity contribution in [3.8, 4) is 0 Å². The molecule has 5 aliphatic rings. The van der Waals surface area contributed by atoms with Crippen molar-refractivity contribution in [3.63, 3.8) is 0 Å². The highest BCUT2D eigenvalue weighted by molar-refractivity contribution is 5.86. The molecule has 3 saturated carbocycles. The molecule has 1 N–H and O–H groups in total. The molecule has 0 aromatic heterocycles. The van der Waals surface area contributed by atoms with Crippen molar-refractivity contribution in [2.45, 2.75) is 85.9 Å². The van der Waals surface area contributed by atoms with E-state index >= 15 is 0 Å². The summed E-state index contributed by atoms with van der Waals surface area (Å²) in [4.78, 5) is 38.3. The number of carbonyl (C=O) groups is 3. The first kappa shape index (κ1) is 23.6. The van der Waals surface area contributed by atoms with Gasteiger partial charge in [-0.3, -0.25) is 9.59 Å². The zero-order chi connectivity index (χ0) is 24.7. The Hall–Kier alpha value is -2.11. The highest BCUT2D eigenvalue weighted by Gasteiger charge is 2.69. The second-order valence-electron chi connectivity index (χ2n) is 12.7. The van der Waals surface area contributed by atoms with E-state index in [2.05, 4.69) is 46.0 Å². The minimum Gasteiger partial charge on any atom is -0.462 e. The van der Waals surface area contributed by atoms with Crippen molar-refractivity contribution in [3.05, 3.63) is 23.9 Å². The van der Waals surface area contributed by atoms with Crippen LogP contribution >= 0.6 is 0 Å². The number of rotatable bonds is 2. The van der Waals surface area contributed by atoms with E-state index in [0.717, 1.165) is 31.4 Å². The summed E-state index contributed by atoms with van der Waals surface area (Å²) in [6.07, 6.45) is 9.07. The summed E-state index contributed by atoms with van der Waals surface area (Å²) in [7, 11) is 0. The highest BCUT2D eigenvalue weighted by Crippen LogP contribution is 2.71. The third-order valence-electron chi connectivity index (χ3n) is 10.7. The predicted molar refractivity (Wildman–Crippen MR) is 127 cm³/mol. The maximum atomic E-state index is 13.0. The predicted octanol–water partition coefficient (Wildman–Crippen LogP) is 4.34. The number of carbonyl (C=O) groups excluding carboxylic acids is 3. The van der Waals surface area contributed by atoms with E-state index in [4.69, 9.17) is 9.47 Å². The monoisotopic (exact) mass is 469 g/mol. The van der Waals surface area contributed by atoms with Gasteiger partial charge in [0.2, 0.25) is 0 Å². The van der Waals surface area contributed by atoms with Crippen LogP contribution in [0.4, 0.5) is 0 Å². The van der Waals surface area contributed by atoms with E-state index in [1.807, 2.05) is 6.20 Å². The van der Waals surface area contributed by atoms with E-state index in [0.29, 0.717) is 18.6 Å². The lowest BCUT2D eigenvalue weighted by Crippen LogP contribution is -2.67. The molecule has 0 bridgehead atoms. The Labute approximate surface area is 202 Å². The lowest BCUT2D eigenvalue weighted by molar-refractivity contribution is -0.211. The Balaban J connectivity index is 1.65. The van der Waals surface area contributed by atoms with Crippen molar-refractivity contribution >= 4 is 17.7 Å². The van der Waals surface area contributed by atoms with Crippen molar-refractivity contribution < 1.29 is 23.9 Å². The van der Waals surface area contributed by atoms with Gasteiger partial charge in [-0.05, 0) is 54.7 Å². The minimum absolute atomic E-state index is 0.0728. The second-order valence-corrected chi connectivity index (χ2v) is 12.7. The Morgan fingerprint density at radius 3 is 2.50 bits per heavy atom. The zero-order valence-corrected chi connectivity index (χ0v) is 21.4. The number of esters is 2. The van der Waals surface area contributed by atoms with Crippen LogP contribution in [0.15, 0.2) is 23.9 Å². The SMILES string of the molecule is CC(=O)O[C@@H]1CC2C(C)(C)C(=O)CC[C@]2(C)C2CC[C@]3(C)C(=CC(=O)O[C@H]3C3C=CNC3)[C@@]21C. The van der Waals surface area contributed by atoms with Crippen LogP contribution in [-0.2, 0) is 23.9 Å². The summed E-state index contributed by atoms with van der Waals surface area (Å²) in [5.74, 6) is 0.150. The molecule has 186 valence electrons. The molecule has 3 fully saturated rings. The molecule has 6 nitrogen and oxygen atoms in total. The lowest BCUT2D eigenvalue weighted by Gasteiger charge is -2.68. The Morgan fingerprint density at radius 2 is 1.85 bits per heavy atom. The van der Waals surface area contributed by atoms with Crippen molar-refractivity contribution in [1.82, 2.24) is 5.32 Å². The third-order valence-corrected chi connectivity index (χ3v) is 10.7. The Morgan fingerprint density at radius 1 is 1.12 bits per heavy atom. The summed E-state index contributed by atoms with van der Waals surface area (Å²) >= 11 is 0. The van der Waals surface area contributed by atoms with Gasteiger partial charge in [0.1, 0.15) is 18.0 Å². The average Bonchev–Trinajstić information content (AvgIpc) is 3.28. The van der Waals surface area contributed by atoms with Crippen LogP contribution in [-0.4, -0.2) is 36.5 Å². The molecule has 8 atom stereocenters. The normalized spacial score (nSPS) is 46.9. The quantitative estimate of drug-likeness (QED) is 0.606. The maximum absolute atomic E-state index is 13.0. The summed E-state index contributed by atoms with van der Waals surface area (Å²) in [5, 5.41) is 3.26. The topological polar surface area (TPSA) is 81.7 Å². The van der Waals surface area contributed by atoms with Crippen molar-refractivity contribution in [2.24, 2.45) is 39.4 Å². The smallest absolute Gasteiger partial charge is 0.331 e. The van der Waals surface area contributed by atoms with E-state index in [9.17, 15) is 14.4 Å². The van der Waals surface area contributed by atoms with Gasteiger partial charge in [0, 0.05) is 48.1 Å². The van der Waals surface area contributed by atoms with Gasteiger partial charge in [0.15, 0.2) is 0 Å². The molecular weight excluding hydrogens is 430 g/mol. The molecule has 0 radical (unpaired) electrons. The molecule has 6 heteroatoms. The van der Waals surface area contributed by atoms with Gasteiger partial charge >= 0.3 is 11.9 Å². The number of Topliss-reactive ketones (excluding diaryl/α,β-unsaturated/α-hetero) is 1. The molecule has 0 amide bonds. The van der Waals surface area contributed by atoms with Crippen molar-refractivity contribution in [2.75, 3.05) is 6.54 Å². The van der Waals surface area contributed by atoms with Crippen LogP contribution in [0.2, 0.25) is 0 Å². The first-order chi connectivity index (χ1) is 15.8. The van der Waals surface area contributed by atoms with Crippen LogP contribution in [0.1, 0.15) is 73.6 Å². The van der Waals surface area contributed by atoms with Gasteiger partial charge in [0.05, 0.1) is 0 Å². The number of fused-ring (bicyclic) bond motifs is 5. The summed E-state index contributed by atoms with van der Waals surface area (Å²) in [6, 6.07) is 0. The number of hydrogen-bond donors (Lipinski definition) is 1. The first-order valence-electron chi connectivity index (χ1n) is 12.9. The molecule has 2 heterocycles. The van der Waals surface area contributed by atoms with Gasteiger partial charge in [-0.1, -0.05) is 40.7 Å². The molecular formula is C28H39NO5. The molecule has 0 saturated heterocycles. The lowest BCUT2D eigenvalue weighted by atomic mass is 9.37. The van der Waals surface area contributed by atoms with E-state index in [1.54, 1.807) is 6.08 Å². The average molecular weight is 470 g/mol. The molecule has 5 rings (SSSR count). The second kappa shape index (κ2) is 7.44. The summed E-state index contributed by atoms with van der Waals surface area (Å²) in [6.45, 7) is 13.2. The number of ketones is 1. The van der Waals surface area contributed by atoms with Crippen molar-refractivity contribution in [1.29, 1.82) is 0 Å². The molecule has 0 aromatic rings. The van der Waals surface area contributed by atoms with Gasteiger partial charge < -0.3 is 14.8 Å². The van der Waals surface area contributed by atoms with Gasteiger partial charge in [-0.15, -0.1) is 0 Å². The Bertz CT molecular complexity index is 997. The first-order valence-corrected chi connectivity index (χ1v) is 12.9. The fraction of sp³-hybridized carbons (Fsp3) is 0.750. The van der Waals surface area contributed by atoms with Gasteiger partial charge in [-0.25, -0.2) is 4.79 Å².